The predicted octanol–water partition coefficient (Wildman–Crippen LogP) is 0.163. The first kappa shape index (κ1) is 22.3. The molecule has 1 aliphatic heterocycles. The molecule has 1 aromatic rings. The van der Waals surface area contributed by atoms with Crippen LogP contribution in [0.15, 0.2) is 29.2 Å². The van der Waals surface area contributed by atoms with Crippen LogP contribution in [0.5, 0.6) is 0 Å². The average Bonchev–Trinajstić information content (AvgIpc) is 2.66. The van der Waals surface area contributed by atoms with Crippen molar-refractivity contribution in [3.05, 3.63) is 30.1 Å². The maximum absolute atomic E-state index is 13.9. The van der Waals surface area contributed by atoms with Gasteiger partial charge in [-0.05, 0) is 25.5 Å². The third-order valence-electron chi connectivity index (χ3n) is 4.47. The lowest BCUT2D eigenvalue weighted by molar-refractivity contribution is -0.129. The summed E-state index contributed by atoms with van der Waals surface area (Å²) in [6.45, 7) is 5.19. The summed E-state index contributed by atoms with van der Waals surface area (Å²) in [6.07, 6.45) is 0.812. The van der Waals surface area contributed by atoms with Gasteiger partial charge in [-0.1, -0.05) is 19.1 Å². The van der Waals surface area contributed by atoms with E-state index in [-0.39, 0.29) is 36.3 Å². The lowest BCUT2D eigenvalue weighted by Gasteiger charge is -2.33. The molecule has 0 radical (unpaired) electrons. The zero-order chi connectivity index (χ0) is 20.7. The Bertz CT molecular complexity index is 795. The summed E-state index contributed by atoms with van der Waals surface area (Å²) in [7, 11) is -3.91. The topological polar surface area (TPSA) is 98.8 Å². The molecule has 1 aromatic carbocycles. The fraction of sp³-hybridized carbons (Fsp3) is 0.556. The lowest BCUT2D eigenvalue weighted by atomic mass is 10.3. The number of hydrogen-bond donors (Lipinski definition) is 2. The van der Waals surface area contributed by atoms with Crippen LogP contribution in [0.3, 0.4) is 0 Å². The number of nitrogens with one attached hydrogen (secondary N) is 2. The second kappa shape index (κ2) is 9.94. The maximum atomic E-state index is 13.9. The first-order chi connectivity index (χ1) is 13.3. The minimum absolute atomic E-state index is 0.0684. The highest BCUT2D eigenvalue weighted by Crippen LogP contribution is 2.20. The molecule has 2 amide bonds. The number of benzene rings is 1. The van der Waals surface area contributed by atoms with E-state index in [1.165, 1.54) is 22.5 Å². The van der Waals surface area contributed by atoms with Gasteiger partial charge < -0.3 is 10.6 Å². The molecule has 1 saturated heterocycles. The molecule has 0 bridgehead atoms. The number of hydrogen-bond acceptors (Lipinski definition) is 5. The highest BCUT2D eigenvalue weighted by Gasteiger charge is 2.31. The summed E-state index contributed by atoms with van der Waals surface area (Å²) in [5.41, 5.74) is 0. The van der Waals surface area contributed by atoms with Gasteiger partial charge in [0.2, 0.25) is 21.8 Å². The molecule has 0 saturated carbocycles. The number of nitrogens with zero attached hydrogens (tertiary/aromatic N) is 2. The van der Waals surface area contributed by atoms with E-state index in [0.29, 0.717) is 19.6 Å². The van der Waals surface area contributed by atoms with E-state index < -0.39 is 21.9 Å². The van der Waals surface area contributed by atoms with Gasteiger partial charge in [-0.2, -0.15) is 4.31 Å². The van der Waals surface area contributed by atoms with Gasteiger partial charge in [0, 0.05) is 32.7 Å². The van der Waals surface area contributed by atoms with Gasteiger partial charge in [-0.25, -0.2) is 12.8 Å². The predicted molar refractivity (Wildman–Crippen MR) is 103 cm³/mol. The van der Waals surface area contributed by atoms with E-state index in [9.17, 15) is 22.4 Å². The second-order valence-corrected chi connectivity index (χ2v) is 8.60. The Labute approximate surface area is 165 Å². The molecule has 28 heavy (non-hydrogen) atoms. The number of halogens is 1. The normalized spacial score (nSPS) is 17.1. The minimum Gasteiger partial charge on any atom is -0.354 e. The van der Waals surface area contributed by atoms with Crippen LogP contribution in [0.25, 0.3) is 0 Å². The summed E-state index contributed by atoms with van der Waals surface area (Å²) < 4.78 is 40.2. The van der Waals surface area contributed by atoms with Crippen LogP contribution in [-0.4, -0.2) is 74.7 Å². The quantitative estimate of drug-likeness (QED) is 0.632. The highest BCUT2D eigenvalue weighted by molar-refractivity contribution is 7.89. The van der Waals surface area contributed by atoms with Crippen molar-refractivity contribution in [2.45, 2.75) is 31.2 Å². The van der Waals surface area contributed by atoms with Crippen LogP contribution in [0.4, 0.5) is 4.39 Å². The molecule has 156 valence electrons. The molecule has 1 fully saturated rings. The molecule has 0 unspecified atom stereocenters. The molecular formula is C18H27FN4O4S. The Hall–Kier alpha value is -2.04. The number of amides is 2. The van der Waals surface area contributed by atoms with Gasteiger partial charge in [-0.15, -0.1) is 0 Å². The van der Waals surface area contributed by atoms with Crippen molar-refractivity contribution in [1.82, 2.24) is 19.8 Å². The van der Waals surface area contributed by atoms with Gasteiger partial charge in [0.1, 0.15) is 16.8 Å². The van der Waals surface area contributed by atoms with Crippen LogP contribution < -0.4 is 10.6 Å². The van der Waals surface area contributed by atoms with E-state index >= 15 is 0 Å². The van der Waals surface area contributed by atoms with Crippen molar-refractivity contribution < 1.29 is 22.4 Å². The van der Waals surface area contributed by atoms with Crippen molar-refractivity contribution in [2.24, 2.45) is 0 Å². The Balaban J connectivity index is 1.84. The van der Waals surface area contributed by atoms with E-state index in [4.69, 9.17) is 0 Å². The SMILES string of the molecule is CCCNC(=O)[C@@H](C)NC(=O)CN1CCN(S(=O)(=O)c2ccccc2F)CC1. The largest absolute Gasteiger partial charge is 0.354 e. The van der Waals surface area contributed by atoms with E-state index in [1.807, 2.05) is 6.92 Å². The molecular weight excluding hydrogens is 387 g/mol. The van der Waals surface area contributed by atoms with Gasteiger partial charge in [0.15, 0.2) is 0 Å². The monoisotopic (exact) mass is 414 g/mol. The van der Waals surface area contributed by atoms with Crippen molar-refractivity contribution in [3.63, 3.8) is 0 Å². The molecule has 2 rings (SSSR count). The molecule has 1 atom stereocenters. The van der Waals surface area contributed by atoms with Gasteiger partial charge in [-0.3, -0.25) is 14.5 Å². The summed E-state index contributed by atoms with van der Waals surface area (Å²) in [5, 5.41) is 5.35. The average molecular weight is 415 g/mol. The standard InChI is InChI=1S/C18H27FN4O4S/c1-3-8-20-18(25)14(2)21-17(24)13-22-9-11-23(12-10-22)28(26,27)16-7-5-4-6-15(16)19/h4-7,14H,3,8-13H2,1-2H3,(H,20,25)(H,21,24)/t14-/m1/s1. The molecule has 1 aliphatic rings. The lowest BCUT2D eigenvalue weighted by Crippen LogP contribution is -2.53. The summed E-state index contributed by atoms with van der Waals surface area (Å²) in [5.74, 6) is -1.32. The molecule has 10 heteroatoms. The zero-order valence-corrected chi connectivity index (χ0v) is 17.0. The van der Waals surface area contributed by atoms with Crippen LogP contribution in [0.1, 0.15) is 20.3 Å². The fourth-order valence-corrected chi connectivity index (χ4v) is 4.37. The number of sulfonamides is 1. The highest BCUT2D eigenvalue weighted by atomic mass is 32.2. The van der Waals surface area contributed by atoms with E-state index in [1.54, 1.807) is 11.8 Å². The van der Waals surface area contributed by atoms with Gasteiger partial charge >= 0.3 is 0 Å². The van der Waals surface area contributed by atoms with Crippen molar-refractivity contribution in [2.75, 3.05) is 39.3 Å². The summed E-state index contributed by atoms with van der Waals surface area (Å²) >= 11 is 0. The zero-order valence-electron chi connectivity index (χ0n) is 16.2. The molecule has 0 aromatic heterocycles. The molecule has 8 nitrogen and oxygen atoms in total. The first-order valence-electron chi connectivity index (χ1n) is 9.29. The molecule has 2 N–H and O–H groups in total. The number of piperazine rings is 1. The van der Waals surface area contributed by atoms with Crippen LogP contribution in [0.2, 0.25) is 0 Å². The van der Waals surface area contributed by atoms with Gasteiger partial charge in [0.05, 0.1) is 6.54 Å². The minimum atomic E-state index is -3.91. The number of carbonyl (C=O) groups is 2. The third kappa shape index (κ3) is 5.73. The van der Waals surface area contributed by atoms with Crippen LogP contribution in [-0.2, 0) is 19.6 Å². The second-order valence-electron chi connectivity index (χ2n) is 6.69. The van der Waals surface area contributed by atoms with E-state index in [2.05, 4.69) is 10.6 Å². The smallest absolute Gasteiger partial charge is 0.246 e. The summed E-state index contributed by atoms with van der Waals surface area (Å²) in [4.78, 5) is 25.4. The summed E-state index contributed by atoms with van der Waals surface area (Å²) in [6, 6.07) is 4.64. The molecule has 0 spiro atoms. The van der Waals surface area contributed by atoms with Gasteiger partial charge in [0.25, 0.3) is 0 Å². The van der Waals surface area contributed by atoms with Crippen molar-refractivity contribution in [3.8, 4) is 0 Å². The van der Waals surface area contributed by atoms with E-state index in [0.717, 1.165) is 12.5 Å². The Kier molecular flexibility index (Phi) is 7.90. The third-order valence-corrected chi connectivity index (χ3v) is 6.40. The van der Waals surface area contributed by atoms with Crippen LogP contribution in [0, 0.1) is 5.82 Å². The van der Waals surface area contributed by atoms with Crippen molar-refractivity contribution in [1.29, 1.82) is 0 Å². The Morgan fingerprint density at radius 2 is 1.82 bits per heavy atom. The molecule has 0 aliphatic carbocycles. The number of rotatable bonds is 8. The maximum Gasteiger partial charge on any atom is 0.246 e. The fourth-order valence-electron chi connectivity index (χ4n) is 2.88. The van der Waals surface area contributed by atoms with Crippen molar-refractivity contribution >= 4 is 21.8 Å². The number of carbonyl (C=O) groups excluding carboxylic acids is 2. The molecule has 1 heterocycles. The Morgan fingerprint density at radius 3 is 2.43 bits per heavy atom. The Morgan fingerprint density at radius 1 is 1.18 bits per heavy atom. The first-order valence-corrected chi connectivity index (χ1v) is 10.7. The van der Waals surface area contributed by atoms with Crippen LogP contribution >= 0.6 is 0 Å².